The maximum Gasteiger partial charge on any atom is 0.345 e. The van der Waals surface area contributed by atoms with E-state index in [2.05, 4.69) is 6.92 Å². The summed E-state index contributed by atoms with van der Waals surface area (Å²) in [4.78, 5) is 10.9. The van der Waals surface area contributed by atoms with Gasteiger partial charge in [0.15, 0.2) is 0 Å². The summed E-state index contributed by atoms with van der Waals surface area (Å²) in [6, 6.07) is 1.75. The molecule has 0 saturated carbocycles. The molecular weight excluding hydrogens is 184 g/mol. The standard InChI is InChI=1S/C8H10O2S.C2H6/c1-2-3-6-4-7(8(9)10)11-5-6;1-2/h4-5H,2-3H2,1H3,(H,9,10);1-2H3. The minimum Gasteiger partial charge on any atom is -0.477 e. The number of carboxylic acid groups (broad SMARTS) is 1. The highest BCUT2D eigenvalue weighted by molar-refractivity contribution is 7.12. The highest BCUT2D eigenvalue weighted by Gasteiger charge is 2.05. The highest BCUT2D eigenvalue weighted by Crippen LogP contribution is 2.15. The molecule has 0 fully saturated rings. The average Bonchev–Trinajstić information content (AvgIpc) is 2.57. The van der Waals surface area contributed by atoms with Gasteiger partial charge in [-0.1, -0.05) is 27.2 Å². The number of hydrogen-bond acceptors (Lipinski definition) is 2. The summed E-state index contributed by atoms with van der Waals surface area (Å²) in [6.45, 7) is 6.08. The number of aryl methyl sites for hydroxylation is 1. The SMILES string of the molecule is CC.CCCc1csc(C(=O)O)c1. The van der Waals surface area contributed by atoms with Crippen molar-refractivity contribution in [1.29, 1.82) is 0 Å². The Morgan fingerprint density at radius 3 is 2.54 bits per heavy atom. The lowest BCUT2D eigenvalue weighted by atomic mass is 10.2. The Hall–Kier alpha value is -0.830. The molecule has 0 aliphatic heterocycles. The van der Waals surface area contributed by atoms with Crippen molar-refractivity contribution in [2.24, 2.45) is 0 Å². The molecule has 74 valence electrons. The maximum absolute atomic E-state index is 10.4. The summed E-state index contributed by atoms with van der Waals surface area (Å²) in [5.74, 6) is -0.822. The lowest BCUT2D eigenvalue weighted by Crippen LogP contribution is -1.90. The fourth-order valence-corrected chi connectivity index (χ4v) is 1.69. The number of thiophene rings is 1. The predicted octanol–water partition coefficient (Wildman–Crippen LogP) is 3.43. The Morgan fingerprint density at radius 1 is 1.54 bits per heavy atom. The highest BCUT2D eigenvalue weighted by atomic mass is 32.1. The molecule has 0 spiro atoms. The lowest BCUT2D eigenvalue weighted by molar-refractivity contribution is 0.0702. The molecule has 1 aromatic rings. The smallest absolute Gasteiger partial charge is 0.345 e. The first-order valence-corrected chi connectivity index (χ1v) is 5.42. The molecule has 1 N–H and O–H groups in total. The quantitative estimate of drug-likeness (QED) is 0.811. The van der Waals surface area contributed by atoms with E-state index >= 15 is 0 Å². The molecule has 0 bridgehead atoms. The third-order valence-electron chi connectivity index (χ3n) is 1.40. The van der Waals surface area contributed by atoms with Gasteiger partial charge >= 0.3 is 5.97 Å². The van der Waals surface area contributed by atoms with Gasteiger partial charge in [-0.2, -0.15) is 0 Å². The minimum atomic E-state index is -0.822. The molecule has 0 saturated heterocycles. The van der Waals surface area contributed by atoms with Crippen LogP contribution in [0.2, 0.25) is 0 Å². The molecule has 2 nitrogen and oxygen atoms in total. The van der Waals surface area contributed by atoms with Crippen LogP contribution >= 0.6 is 11.3 Å². The number of carbonyl (C=O) groups is 1. The molecule has 0 aliphatic rings. The summed E-state index contributed by atoms with van der Waals surface area (Å²) in [6.07, 6.45) is 2.04. The van der Waals surface area contributed by atoms with Crippen molar-refractivity contribution in [3.63, 3.8) is 0 Å². The van der Waals surface area contributed by atoms with Crippen molar-refractivity contribution in [2.75, 3.05) is 0 Å². The molecule has 1 aromatic heterocycles. The van der Waals surface area contributed by atoms with Crippen LogP contribution in [0.4, 0.5) is 0 Å². The summed E-state index contributed by atoms with van der Waals surface area (Å²) < 4.78 is 0. The van der Waals surface area contributed by atoms with E-state index in [4.69, 9.17) is 5.11 Å². The van der Waals surface area contributed by atoms with Crippen molar-refractivity contribution in [1.82, 2.24) is 0 Å². The molecule has 0 amide bonds. The van der Waals surface area contributed by atoms with Gasteiger partial charge in [-0.05, 0) is 23.4 Å². The van der Waals surface area contributed by atoms with Crippen LogP contribution in [0.15, 0.2) is 11.4 Å². The van der Waals surface area contributed by atoms with Crippen LogP contribution in [0, 0.1) is 0 Å². The average molecular weight is 200 g/mol. The van der Waals surface area contributed by atoms with Crippen LogP contribution in [0.3, 0.4) is 0 Å². The summed E-state index contributed by atoms with van der Waals surface area (Å²) >= 11 is 1.30. The van der Waals surface area contributed by atoms with Crippen LogP contribution in [0.1, 0.15) is 42.4 Å². The topological polar surface area (TPSA) is 37.3 Å². The van der Waals surface area contributed by atoms with E-state index < -0.39 is 5.97 Å². The van der Waals surface area contributed by atoms with Gasteiger partial charge < -0.3 is 5.11 Å². The zero-order valence-corrected chi connectivity index (χ0v) is 9.15. The lowest BCUT2D eigenvalue weighted by Gasteiger charge is -1.87. The fraction of sp³-hybridized carbons (Fsp3) is 0.500. The second-order valence-electron chi connectivity index (χ2n) is 2.37. The van der Waals surface area contributed by atoms with Crippen LogP contribution in [0.25, 0.3) is 0 Å². The Kier molecular flexibility index (Phi) is 6.24. The van der Waals surface area contributed by atoms with E-state index in [-0.39, 0.29) is 0 Å². The molecule has 0 aliphatic carbocycles. The van der Waals surface area contributed by atoms with Gasteiger partial charge in [0.2, 0.25) is 0 Å². The fourth-order valence-electron chi connectivity index (χ4n) is 0.908. The third kappa shape index (κ3) is 4.08. The van der Waals surface area contributed by atoms with E-state index in [9.17, 15) is 4.79 Å². The van der Waals surface area contributed by atoms with Gasteiger partial charge in [-0.15, -0.1) is 11.3 Å². The summed E-state index contributed by atoms with van der Waals surface area (Å²) in [5.41, 5.74) is 1.13. The van der Waals surface area contributed by atoms with Crippen molar-refractivity contribution in [3.05, 3.63) is 21.9 Å². The summed E-state index contributed by atoms with van der Waals surface area (Å²) in [5, 5.41) is 10.5. The van der Waals surface area contributed by atoms with Crippen molar-refractivity contribution in [2.45, 2.75) is 33.6 Å². The van der Waals surface area contributed by atoms with E-state index in [1.165, 1.54) is 11.3 Å². The first-order valence-electron chi connectivity index (χ1n) is 4.54. The monoisotopic (exact) mass is 200 g/mol. The van der Waals surface area contributed by atoms with Crippen molar-refractivity contribution < 1.29 is 9.90 Å². The molecule has 0 atom stereocenters. The zero-order valence-electron chi connectivity index (χ0n) is 8.33. The Balaban J connectivity index is 0.000000671. The van der Waals surface area contributed by atoms with Gasteiger partial charge in [0.25, 0.3) is 0 Å². The Labute approximate surface area is 83.2 Å². The van der Waals surface area contributed by atoms with Crippen molar-refractivity contribution in [3.8, 4) is 0 Å². The second-order valence-corrected chi connectivity index (χ2v) is 3.29. The summed E-state index contributed by atoms with van der Waals surface area (Å²) in [7, 11) is 0. The van der Waals surface area contributed by atoms with Gasteiger partial charge in [-0.25, -0.2) is 4.79 Å². The molecule has 0 unspecified atom stereocenters. The van der Waals surface area contributed by atoms with Crippen LogP contribution < -0.4 is 0 Å². The van der Waals surface area contributed by atoms with Crippen LogP contribution in [0.5, 0.6) is 0 Å². The molecule has 1 rings (SSSR count). The van der Waals surface area contributed by atoms with E-state index in [0.29, 0.717) is 4.88 Å². The molecule has 13 heavy (non-hydrogen) atoms. The first-order chi connectivity index (χ1) is 6.24. The Bertz CT molecular complexity index is 253. The normalized spacial score (nSPS) is 8.85. The molecule has 1 heterocycles. The number of aromatic carboxylic acids is 1. The van der Waals surface area contributed by atoms with Gasteiger partial charge in [0.1, 0.15) is 4.88 Å². The minimum absolute atomic E-state index is 0.438. The van der Waals surface area contributed by atoms with Gasteiger partial charge in [0, 0.05) is 0 Å². The van der Waals surface area contributed by atoms with Crippen LogP contribution in [-0.2, 0) is 6.42 Å². The first kappa shape index (κ1) is 12.2. The molecular formula is C10H16O2S. The number of hydrogen-bond donors (Lipinski definition) is 1. The Morgan fingerprint density at radius 2 is 2.15 bits per heavy atom. The van der Waals surface area contributed by atoms with E-state index in [1.807, 2.05) is 19.2 Å². The van der Waals surface area contributed by atoms with Gasteiger partial charge in [0.05, 0.1) is 0 Å². The van der Waals surface area contributed by atoms with Crippen LogP contribution in [-0.4, -0.2) is 11.1 Å². The zero-order chi connectivity index (χ0) is 10.3. The van der Waals surface area contributed by atoms with Gasteiger partial charge in [-0.3, -0.25) is 0 Å². The molecule has 0 radical (unpaired) electrons. The maximum atomic E-state index is 10.4. The third-order valence-corrected chi connectivity index (χ3v) is 2.37. The number of carboxylic acids is 1. The van der Waals surface area contributed by atoms with E-state index in [0.717, 1.165) is 18.4 Å². The second kappa shape index (κ2) is 6.66. The van der Waals surface area contributed by atoms with Crippen molar-refractivity contribution >= 4 is 17.3 Å². The largest absolute Gasteiger partial charge is 0.477 e. The predicted molar refractivity (Wildman–Crippen MR) is 56.6 cm³/mol. The molecule has 0 aromatic carbocycles. The molecule has 3 heteroatoms. The van der Waals surface area contributed by atoms with E-state index in [1.54, 1.807) is 6.07 Å². The number of rotatable bonds is 3.